The van der Waals surface area contributed by atoms with E-state index in [1.807, 2.05) is 6.92 Å². The van der Waals surface area contributed by atoms with Crippen LogP contribution in [0, 0.1) is 5.92 Å². The summed E-state index contributed by atoms with van der Waals surface area (Å²) >= 11 is 0. The van der Waals surface area contributed by atoms with Crippen LogP contribution in [0.2, 0.25) is 0 Å². The Hall–Kier alpha value is -0.530. The number of carbonyl (C=O) groups excluding carboxylic acids is 1. The van der Waals surface area contributed by atoms with Crippen molar-refractivity contribution in [3.8, 4) is 0 Å². The highest BCUT2D eigenvalue weighted by Gasteiger charge is 2.10. The van der Waals surface area contributed by atoms with Gasteiger partial charge in [-0.2, -0.15) is 0 Å². The van der Waals surface area contributed by atoms with Crippen molar-refractivity contribution in [1.29, 1.82) is 0 Å². The number of hydrogen-bond acceptors (Lipinski definition) is 1. The Morgan fingerprint density at radius 3 is 2.07 bits per heavy atom. The second-order valence-electron chi connectivity index (χ2n) is 4.51. The first kappa shape index (κ1) is 14.5. The van der Waals surface area contributed by atoms with Crippen molar-refractivity contribution in [3.05, 3.63) is 0 Å². The van der Waals surface area contributed by atoms with Gasteiger partial charge in [-0.1, -0.05) is 58.8 Å². The second kappa shape index (κ2) is 10.0. The van der Waals surface area contributed by atoms with Crippen LogP contribution in [-0.4, -0.2) is 5.91 Å². The Morgan fingerprint density at radius 2 is 1.73 bits per heavy atom. The minimum absolute atomic E-state index is 0.211. The molecular weight excluding hydrogens is 186 g/mol. The molecule has 15 heavy (non-hydrogen) atoms. The van der Waals surface area contributed by atoms with Gasteiger partial charge in [0.25, 0.3) is 0 Å². The molecule has 1 saturated carbocycles. The molecule has 0 aromatic heterocycles. The zero-order valence-corrected chi connectivity index (χ0v) is 10.4. The summed E-state index contributed by atoms with van der Waals surface area (Å²) in [5, 5.41) is 0. The van der Waals surface area contributed by atoms with Crippen LogP contribution in [0.4, 0.5) is 0 Å². The van der Waals surface area contributed by atoms with Crippen LogP contribution >= 0.6 is 0 Å². The Bertz CT molecular complexity index is 148. The van der Waals surface area contributed by atoms with E-state index in [1.165, 1.54) is 44.9 Å². The average Bonchev–Trinajstić information content (AvgIpc) is 2.20. The molecule has 1 rings (SSSR count). The number of primary amides is 1. The molecule has 2 nitrogen and oxygen atoms in total. The van der Waals surface area contributed by atoms with Gasteiger partial charge < -0.3 is 5.73 Å². The number of rotatable bonds is 4. The topological polar surface area (TPSA) is 43.1 Å². The van der Waals surface area contributed by atoms with Gasteiger partial charge in [0.1, 0.15) is 0 Å². The third-order valence-electron chi connectivity index (χ3n) is 2.92. The van der Waals surface area contributed by atoms with Gasteiger partial charge in [-0.25, -0.2) is 0 Å². The van der Waals surface area contributed by atoms with Gasteiger partial charge in [-0.3, -0.25) is 4.79 Å². The smallest absolute Gasteiger partial charge is 0.217 e. The minimum Gasteiger partial charge on any atom is -0.370 e. The van der Waals surface area contributed by atoms with Crippen molar-refractivity contribution in [2.24, 2.45) is 11.7 Å². The summed E-state index contributed by atoms with van der Waals surface area (Å²) in [7, 11) is 0. The van der Waals surface area contributed by atoms with Gasteiger partial charge in [0, 0.05) is 6.42 Å². The molecule has 0 unspecified atom stereocenters. The zero-order chi connectivity index (χ0) is 11.5. The van der Waals surface area contributed by atoms with Crippen LogP contribution in [0.3, 0.4) is 0 Å². The van der Waals surface area contributed by atoms with Gasteiger partial charge >= 0.3 is 0 Å². The molecule has 2 heteroatoms. The third kappa shape index (κ3) is 9.77. The van der Waals surface area contributed by atoms with E-state index in [0.29, 0.717) is 6.42 Å². The molecule has 90 valence electrons. The van der Waals surface area contributed by atoms with Gasteiger partial charge in [0.05, 0.1) is 0 Å². The summed E-state index contributed by atoms with van der Waals surface area (Å²) in [6, 6.07) is 0. The van der Waals surface area contributed by atoms with Gasteiger partial charge in [0.2, 0.25) is 5.91 Å². The Balaban J connectivity index is 0.000000288. The van der Waals surface area contributed by atoms with E-state index in [1.54, 1.807) is 0 Å². The normalized spacial score (nSPS) is 16.7. The monoisotopic (exact) mass is 213 g/mol. The number of nitrogens with two attached hydrogens (primary N) is 1. The van der Waals surface area contributed by atoms with E-state index in [0.717, 1.165) is 12.3 Å². The predicted octanol–water partition coefficient (Wildman–Crippen LogP) is 3.64. The van der Waals surface area contributed by atoms with E-state index in [9.17, 15) is 4.79 Å². The SMILES string of the molecule is CCCC(N)=O.CCCC1CCCCC1. The first-order valence-corrected chi connectivity index (χ1v) is 6.49. The maximum Gasteiger partial charge on any atom is 0.217 e. The van der Waals surface area contributed by atoms with Crippen molar-refractivity contribution in [2.75, 3.05) is 0 Å². The summed E-state index contributed by atoms with van der Waals surface area (Å²) in [5.74, 6) is 0.890. The second-order valence-corrected chi connectivity index (χ2v) is 4.51. The molecule has 0 spiro atoms. The highest BCUT2D eigenvalue weighted by atomic mass is 16.1. The quantitative estimate of drug-likeness (QED) is 0.761. The van der Waals surface area contributed by atoms with Crippen molar-refractivity contribution < 1.29 is 4.79 Å². The summed E-state index contributed by atoms with van der Waals surface area (Å²) in [4.78, 5) is 9.82. The van der Waals surface area contributed by atoms with E-state index in [-0.39, 0.29) is 5.91 Å². The van der Waals surface area contributed by atoms with Crippen molar-refractivity contribution in [3.63, 3.8) is 0 Å². The van der Waals surface area contributed by atoms with Crippen LogP contribution in [0.25, 0.3) is 0 Å². The number of hydrogen-bond donors (Lipinski definition) is 1. The largest absolute Gasteiger partial charge is 0.370 e. The van der Waals surface area contributed by atoms with Crippen LogP contribution < -0.4 is 5.73 Å². The lowest BCUT2D eigenvalue weighted by atomic mass is 9.86. The molecule has 1 aliphatic carbocycles. The maximum atomic E-state index is 9.82. The number of amides is 1. The molecule has 1 aliphatic rings. The molecule has 0 bridgehead atoms. The molecule has 0 atom stereocenters. The van der Waals surface area contributed by atoms with Gasteiger partial charge in [0.15, 0.2) is 0 Å². The van der Waals surface area contributed by atoms with Crippen LogP contribution in [0.5, 0.6) is 0 Å². The van der Waals surface area contributed by atoms with E-state index >= 15 is 0 Å². The molecule has 1 fully saturated rings. The summed E-state index contributed by atoms with van der Waals surface area (Å²) in [6.07, 6.45) is 11.8. The Morgan fingerprint density at radius 1 is 1.13 bits per heavy atom. The van der Waals surface area contributed by atoms with Gasteiger partial charge in [-0.15, -0.1) is 0 Å². The van der Waals surface area contributed by atoms with Crippen LogP contribution in [0.15, 0.2) is 0 Å². The van der Waals surface area contributed by atoms with Gasteiger partial charge in [-0.05, 0) is 12.3 Å². The molecule has 0 heterocycles. The molecular formula is C13H27NO. The standard InChI is InChI=1S/C9H18.C4H9NO/c1-2-6-9-7-4-3-5-8-9;1-2-3-4(5)6/h9H,2-8H2,1H3;2-3H2,1H3,(H2,5,6). The fourth-order valence-corrected chi connectivity index (χ4v) is 2.13. The first-order valence-electron chi connectivity index (χ1n) is 6.49. The number of carbonyl (C=O) groups is 1. The molecule has 0 aromatic rings. The Kier molecular flexibility index (Phi) is 9.65. The maximum absolute atomic E-state index is 9.82. The highest BCUT2D eigenvalue weighted by molar-refractivity contribution is 5.73. The van der Waals surface area contributed by atoms with E-state index in [4.69, 9.17) is 5.73 Å². The minimum atomic E-state index is -0.211. The predicted molar refractivity (Wildman–Crippen MR) is 65.6 cm³/mol. The first-order chi connectivity index (χ1) is 7.20. The molecule has 1 amide bonds. The zero-order valence-electron chi connectivity index (χ0n) is 10.4. The molecule has 2 N–H and O–H groups in total. The van der Waals surface area contributed by atoms with Crippen molar-refractivity contribution >= 4 is 5.91 Å². The van der Waals surface area contributed by atoms with E-state index < -0.39 is 0 Å². The highest BCUT2D eigenvalue weighted by Crippen LogP contribution is 2.26. The molecule has 0 aromatic carbocycles. The molecule has 0 saturated heterocycles. The summed E-state index contributed by atoms with van der Waals surface area (Å²) in [5.41, 5.74) is 4.76. The van der Waals surface area contributed by atoms with Crippen LogP contribution in [0.1, 0.15) is 71.6 Å². The lowest BCUT2D eigenvalue weighted by Crippen LogP contribution is -2.08. The fourth-order valence-electron chi connectivity index (χ4n) is 2.13. The molecule has 0 radical (unpaired) electrons. The fraction of sp³-hybridized carbons (Fsp3) is 0.923. The van der Waals surface area contributed by atoms with Crippen molar-refractivity contribution in [2.45, 2.75) is 71.6 Å². The molecule has 0 aliphatic heterocycles. The van der Waals surface area contributed by atoms with Crippen LogP contribution in [-0.2, 0) is 4.79 Å². The van der Waals surface area contributed by atoms with E-state index in [2.05, 4.69) is 6.92 Å². The summed E-state index contributed by atoms with van der Waals surface area (Å²) < 4.78 is 0. The summed E-state index contributed by atoms with van der Waals surface area (Å²) in [6.45, 7) is 4.22. The third-order valence-corrected chi connectivity index (χ3v) is 2.92. The average molecular weight is 213 g/mol. The Labute approximate surface area is 94.6 Å². The lowest BCUT2D eigenvalue weighted by Gasteiger charge is -2.20. The lowest BCUT2D eigenvalue weighted by molar-refractivity contribution is -0.118. The van der Waals surface area contributed by atoms with Crippen molar-refractivity contribution in [1.82, 2.24) is 0 Å².